The first kappa shape index (κ1) is 39.4. The molecule has 6 aromatic carbocycles. The van der Waals surface area contributed by atoms with E-state index in [1.54, 1.807) is 72.8 Å². The summed E-state index contributed by atoms with van der Waals surface area (Å²) in [6, 6.07) is 28.2. The summed E-state index contributed by atoms with van der Waals surface area (Å²) in [5.41, 5.74) is 3.45. The van der Waals surface area contributed by atoms with Crippen molar-refractivity contribution in [2.45, 2.75) is 4.32 Å². The zero-order valence-electron chi connectivity index (χ0n) is 29.3. The van der Waals surface area contributed by atoms with Crippen molar-refractivity contribution in [1.82, 2.24) is 0 Å². The Hall–Kier alpha value is -5.04. The molecule has 0 bridgehead atoms. The normalized spacial score (nSPS) is 14.8. The van der Waals surface area contributed by atoms with Crippen molar-refractivity contribution in [2.75, 3.05) is 14.7 Å². The van der Waals surface area contributed by atoms with Gasteiger partial charge in [0.2, 0.25) is 0 Å². The van der Waals surface area contributed by atoms with Crippen LogP contribution in [0.2, 0.25) is 30.1 Å². The molecule has 0 unspecified atom stereocenters. The van der Waals surface area contributed by atoms with Crippen molar-refractivity contribution in [1.29, 1.82) is 0 Å². The zero-order valence-corrected chi connectivity index (χ0v) is 35.5. The predicted molar refractivity (Wildman–Crippen MR) is 231 cm³/mol. The number of nitrogens with zero attached hydrogens (tertiary/aromatic N) is 3. The van der Waals surface area contributed by atoms with Crippen molar-refractivity contribution in [3.05, 3.63) is 189 Å². The first-order valence-corrected chi connectivity index (χ1v) is 20.3. The highest BCUT2D eigenvalue weighted by Gasteiger charge is 2.42. The van der Waals surface area contributed by atoms with E-state index in [0.29, 0.717) is 16.7 Å². The smallest absolute Gasteiger partial charge is 0.266 e. The molecule has 0 N–H and O–H groups in total. The number of alkyl halides is 1. The number of amides is 6. The Labute approximate surface area is 372 Å². The van der Waals surface area contributed by atoms with E-state index in [0.717, 1.165) is 14.7 Å². The summed E-state index contributed by atoms with van der Waals surface area (Å²) in [7, 11) is 0. The van der Waals surface area contributed by atoms with Gasteiger partial charge in [-0.05, 0) is 89.5 Å². The molecule has 0 saturated heterocycles. The van der Waals surface area contributed by atoms with Crippen molar-refractivity contribution in [3.8, 4) is 0 Å². The van der Waals surface area contributed by atoms with Gasteiger partial charge in [-0.1, -0.05) is 122 Å². The van der Waals surface area contributed by atoms with Gasteiger partial charge in [0.1, 0.15) is 4.32 Å². The maximum Gasteiger partial charge on any atom is 0.266 e. The second-order valence-corrected chi connectivity index (χ2v) is 17.2. The van der Waals surface area contributed by atoms with Crippen LogP contribution in [0, 0.1) is 0 Å². The molecular formula is C43H18BrCl6N3O6. The van der Waals surface area contributed by atoms with Gasteiger partial charge in [0, 0.05) is 0 Å². The van der Waals surface area contributed by atoms with E-state index < -0.39 is 39.8 Å². The van der Waals surface area contributed by atoms with Gasteiger partial charge >= 0.3 is 0 Å². The number of imide groups is 3. The van der Waals surface area contributed by atoms with Crippen LogP contribution in [0.4, 0.5) is 17.1 Å². The summed E-state index contributed by atoms with van der Waals surface area (Å²) in [6.07, 6.45) is 0. The van der Waals surface area contributed by atoms with Gasteiger partial charge in [-0.2, -0.15) is 0 Å². The topological polar surface area (TPSA) is 112 Å². The fourth-order valence-electron chi connectivity index (χ4n) is 7.43. The quantitative estimate of drug-likeness (QED) is 0.0933. The Morgan fingerprint density at radius 1 is 0.322 bits per heavy atom. The van der Waals surface area contributed by atoms with Gasteiger partial charge in [0.05, 0.1) is 80.6 Å². The van der Waals surface area contributed by atoms with Crippen LogP contribution >= 0.6 is 85.5 Å². The second kappa shape index (κ2) is 14.3. The summed E-state index contributed by atoms with van der Waals surface area (Å²) in [5, 5.41) is 0.825. The van der Waals surface area contributed by atoms with Crippen LogP contribution in [0.15, 0.2) is 109 Å². The van der Waals surface area contributed by atoms with Crippen LogP contribution in [0.25, 0.3) is 0 Å². The summed E-state index contributed by atoms with van der Waals surface area (Å²) in [5.74, 6) is -3.40. The van der Waals surface area contributed by atoms with Gasteiger partial charge in [-0.25, -0.2) is 14.7 Å². The summed E-state index contributed by atoms with van der Waals surface area (Å²) in [4.78, 5) is 83.8. The lowest BCUT2D eigenvalue weighted by molar-refractivity contribution is 0.0910. The van der Waals surface area contributed by atoms with Gasteiger partial charge in [0.25, 0.3) is 35.4 Å². The Bertz CT molecular complexity index is 2500. The van der Waals surface area contributed by atoms with E-state index in [9.17, 15) is 28.8 Å². The largest absolute Gasteiger partial charge is 0.268 e. The molecule has 0 saturated carbocycles. The van der Waals surface area contributed by atoms with Crippen LogP contribution in [0.1, 0.15) is 78.8 Å². The van der Waals surface area contributed by atoms with E-state index in [4.69, 9.17) is 69.6 Å². The minimum atomic E-state index is -1.18. The molecule has 6 amide bonds. The number of carbonyl (C=O) groups is 6. The lowest BCUT2D eigenvalue weighted by atomic mass is 9.84. The molecule has 9 nitrogen and oxygen atoms in total. The monoisotopic (exact) mass is 961 g/mol. The minimum absolute atomic E-state index is 0.122. The van der Waals surface area contributed by atoms with E-state index >= 15 is 0 Å². The Balaban J connectivity index is 1.10. The maximum atomic E-state index is 13.4. The van der Waals surface area contributed by atoms with E-state index in [2.05, 4.69) is 15.9 Å². The van der Waals surface area contributed by atoms with Crippen molar-refractivity contribution < 1.29 is 28.8 Å². The lowest BCUT2D eigenvalue weighted by Crippen LogP contribution is -2.30. The van der Waals surface area contributed by atoms with Crippen LogP contribution < -0.4 is 14.7 Å². The highest BCUT2D eigenvalue weighted by atomic mass is 79.9. The number of carbonyl (C=O) groups excluding carboxylic acids is 6. The Morgan fingerprint density at radius 3 is 0.661 bits per heavy atom. The summed E-state index contributed by atoms with van der Waals surface area (Å²) < 4.78 is -1.18. The molecule has 0 atom stereocenters. The van der Waals surface area contributed by atoms with Crippen LogP contribution in [0.3, 0.4) is 0 Å². The van der Waals surface area contributed by atoms with Crippen molar-refractivity contribution >= 4 is 138 Å². The molecule has 290 valence electrons. The van der Waals surface area contributed by atoms with Crippen molar-refractivity contribution in [3.63, 3.8) is 0 Å². The Morgan fingerprint density at radius 2 is 0.492 bits per heavy atom. The number of hydrogen-bond acceptors (Lipinski definition) is 6. The van der Waals surface area contributed by atoms with Crippen LogP contribution in [-0.4, -0.2) is 35.4 Å². The van der Waals surface area contributed by atoms with E-state index in [-0.39, 0.29) is 80.6 Å². The third kappa shape index (κ3) is 6.04. The number of hydrogen-bond donors (Lipinski definition) is 0. The standard InChI is InChI=1S/C43H18BrCl6N3O6/c44-43(19-1-7-22(8-2-19)51-37(54)25-13-31(45)32(46)14-26(25)38(51)55,20-3-9-23(10-4-20)52-39(56)27-15-33(47)34(48)16-28(27)40(52)57)21-5-11-24(12-6-21)53-41(58)29-17-35(49)36(50)18-30(29)42(53)59/h1-18H. The lowest BCUT2D eigenvalue weighted by Gasteiger charge is -2.31. The highest BCUT2D eigenvalue weighted by molar-refractivity contribution is 9.10. The van der Waals surface area contributed by atoms with Crippen LogP contribution in [0.5, 0.6) is 0 Å². The molecular weight excluding hydrogens is 947 g/mol. The second-order valence-electron chi connectivity index (χ2n) is 13.6. The molecule has 3 heterocycles. The molecule has 0 aliphatic carbocycles. The predicted octanol–water partition coefficient (Wildman–Crippen LogP) is 11.7. The maximum absolute atomic E-state index is 13.4. The molecule has 0 aromatic heterocycles. The highest BCUT2D eigenvalue weighted by Crippen LogP contribution is 2.47. The molecule has 0 fully saturated rings. The number of benzene rings is 6. The molecule has 16 heteroatoms. The Kier molecular flexibility index (Phi) is 9.56. The molecule has 59 heavy (non-hydrogen) atoms. The molecule has 9 rings (SSSR count). The molecule has 0 radical (unpaired) electrons. The number of fused-ring (bicyclic) bond motifs is 3. The fourth-order valence-corrected chi connectivity index (χ4v) is 9.20. The average molecular weight is 965 g/mol. The minimum Gasteiger partial charge on any atom is -0.268 e. The number of halogens is 7. The van der Waals surface area contributed by atoms with E-state index in [1.807, 2.05) is 0 Å². The third-order valence-corrected chi connectivity index (χ3v) is 13.9. The van der Waals surface area contributed by atoms with Crippen LogP contribution in [-0.2, 0) is 4.32 Å². The number of rotatable bonds is 6. The van der Waals surface area contributed by atoms with Gasteiger partial charge in [0.15, 0.2) is 0 Å². The van der Waals surface area contributed by atoms with Gasteiger partial charge in [-0.3, -0.25) is 28.8 Å². The fraction of sp³-hybridized carbons (Fsp3) is 0.0233. The number of anilines is 3. The van der Waals surface area contributed by atoms with Gasteiger partial charge in [-0.15, -0.1) is 0 Å². The first-order valence-electron chi connectivity index (χ1n) is 17.2. The molecule has 3 aliphatic heterocycles. The van der Waals surface area contributed by atoms with E-state index in [1.165, 1.54) is 36.4 Å². The van der Waals surface area contributed by atoms with Crippen molar-refractivity contribution in [2.24, 2.45) is 0 Å². The van der Waals surface area contributed by atoms with Gasteiger partial charge < -0.3 is 0 Å². The third-order valence-electron chi connectivity index (χ3n) is 10.4. The average Bonchev–Trinajstić information content (AvgIpc) is 3.71. The SMILES string of the molecule is O=C1c2cc(Cl)c(Cl)cc2C(=O)N1c1ccc(C(Br)(c2ccc(N3C(=O)c4cc(Cl)c(Cl)cc4C3=O)cc2)c2ccc(N3C(=O)c4cc(Cl)c(Cl)cc4C3=O)cc2)cc1. The molecule has 0 spiro atoms. The summed E-state index contributed by atoms with van der Waals surface area (Å²) >= 11 is 41.0. The molecule has 6 aromatic rings. The first-order chi connectivity index (χ1) is 28.1. The molecule has 3 aliphatic rings. The summed E-state index contributed by atoms with van der Waals surface area (Å²) in [6.45, 7) is 0. The zero-order chi connectivity index (χ0) is 41.8.